The van der Waals surface area contributed by atoms with Crippen molar-refractivity contribution in [3.8, 4) is 0 Å². The number of fused-ring (bicyclic) bond motifs is 1. The van der Waals surface area contributed by atoms with Gasteiger partial charge in [0, 0.05) is 18.8 Å². The monoisotopic (exact) mass is 498 g/mol. The zero-order valence-corrected chi connectivity index (χ0v) is 21.7. The molecular weight excluding hydrogens is 464 g/mol. The van der Waals surface area contributed by atoms with Crippen LogP contribution in [0.4, 0.5) is 5.82 Å². The van der Waals surface area contributed by atoms with Crippen molar-refractivity contribution in [3.63, 3.8) is 0 Å². The van der Waals surface area contributed by atoms with Crippen molar-refractivity contribution >= 4 is 51.7 Å². The predicted molar refractivity (Wildman–Crippen MR) is 145 cm³/mol. The maximum atomic E-state index is 13.5. The zero-order valence-electron chi connectivity index (χ0n) is 20.1. The van der Waals surface area contributed by atoms with Crippen LogP contribution in [0.2, 0.25) is 0 Å². The van der Waals surface area contributed by atoms with Crippen LogP contribution in [0.3, 0.4) is 0 Å². The number of amides is 1. The van der Waals surface area contributed by atoms with Crippen LogP contribution in [0.25, 0.3) is 11.7 Å². The Kier molecular flexibility index (Phi) is 8.42. The van der Waals surface area contributed by atoms with E-state index in [1.165, 1.54) is 35.4 Å². The largest absolute Gasteiger partial charge is 0.367 e. The van der Waals surface area contributed by atoms with Gasteiger partial charge >= 0.3 is 0 Å². The first kappa shape index (κ1) is 24.9. The first-order chi connectivity index (χ1) is 16.5. The number of unbranched alkanes of at least 4 members (excludes halogenated alkanes) is 1. The second kappa shape index (κ2) is 11.5. The molecular formula is C26H34N4O2S2. The molecule has 4 rings (SSSR count). The number of hydrogen-bond donors (Lipinski definition) is 1. The first-order valence-corrected chi connectivity index (χ1v) is 13.8. The van der Waals surface area contributed by atoms with Crippen LogP contribution in [0.1, 0.15) is 77.2 Å². The molecule has 1 saturated carbocycles. The van der Waals surface area contributed by atoms with Gasteiger partial charge in [-0.3, -0.25) is 18.9 Å². The van der Waals surface area contributed by atoms with Crippen LogP contribution in [0, 0.1) is 5.92 Å². The summed E-state index contributed by atoms with van der Waals surface area (Å²) in [6.45, 7) is 4.99. The highest BCUT2D eigenvalue weighted by Gasteiger charge is 2.34. The summed E-state index contributed by atoms with van der Waals surface area (Å²) in [5, 5.41) is 3.52. The second-order valence-corrected chi connectivity index (χ2v) is 11.0. The Morgan fingerprint density at radius 2 is 2.03 bits per heavy atom. The van der Waals surface area contributed by atoms with Gasteiger partial charge < -0.3 is 5.32 Å². The highest BCUT2D eigenvalue weighted by molar-refractivity contribution is 8.26. The molecule has 6 nitrogen and oxygen atoms in total. The molecule has 2 aliphatic rings. The number of thioether (sulfide) groups is 1. The van der Waals surface area contributed by atoms with Gasteiger partial charge in [0.15, 0.2) is 0 Å². The van der Waals surface area contributed by atoms with E-state index in [1.54, 1.807) is 17.2 Å². The van der Waals surface area contributed by atoms with E-state index < -0.39 is 0 Å². The van der Waals surface area contributed by atoms with E-state index in [-0.39, 0.29) is 17.5 Å². The quantitative estimate of drug-likeness (QED) is 0.345. The lowest BCUT2D eigenvalue weighted by molar-refractivity contribution is -0.122. The Morgan fingerprint density at radius 3 is 2.76 bits per heavy atom. The van der Waals surface area contributed by atoms with Crippen molar-refractivity contribution in [1.29, 1.82) is 0 Å². The summed E-state index contributed by atoms with van der Waals surface area (Å²) in [6.07, 6.45) is 13.5. The number of carbonyl (C=O) groups excluding carboxylic acids is 1. The highest BCUT2D eigenvalue weighted by atomic mass is 32.2. The van der Waals surface area contributed by atoms with E-state index in [0.717, 1.165) is 38.5 Å². The average molecular weight is 499 g/mol. The lowest BCUT2D eigenvalue weighted by atomic mass is 9.95. The Bertz CT molecular complexity index is 1140. The van der Waals surface area contributed by atoms with Gasteiger partial charge in [0.2, 0.25) is 0 Å². The number of aromatic nitrogens is 2. The van der Waals surface area contributed by atoms with Crippen molar-refractivity contribution in [2.75, 3.05) is 11.9 Å². The fourth-order valence-electron chi connectivity index (χ4n) is 4.75. The molecule has 1 aliphatic carbocycles. The molecule has 1 atom stereocenters. The highest BCUT2D eigenvalue weighted by Crippen LogP contribution is 2.34. The van der Waals surface area contributed by atoms with Gasteiger partial charge in [0.05, 0.1) is 10.5 Å². The van der Waals surface area contributed by atoms with Gasteiger partial charge in [0.25, 0.3) is 11.5 Å². The van der Waals surface area contributed by atoms with Crippen LogP contribution in [0.5, 0.6) is 0 Å². The van der Waals surface area contributed by atoms with Crippen molar-refractivity contribution in [1.82, 2.24) is 14.3 Å². The van der Waals surface area contributed by atoms with Crippen LogP contribution < -0.4 is 10.9 Å². The molecule has 8 heteroatoms. The standard InChI is InChI=1S/C26H34N4O2S2/c1-3-5-11-18(4-2)17-30-25(32)21(34-26(30)33)16-20-23(27-19-12-7-6-8-13-19)28-22-14-9-10-15-29(22)24(20)31/h9-10,14-16,18-19,27H,3-8,11-13,17H2,1-2H3/b21-16+. The fourth-order valence-corrected chi connectivity index (χ4v) is 6.00. The summed E-state index contributed by atoms with van der Waals surface area (Å²) in [4.78, 5) is 33.8. The minimum absolute atomic E-state index is 0.105. The van der Waals surface area contributed by atoms with E-state index in [4.69, 9.17) is 17.2 Å². The number of nitrogens with zero attached hydrogens (tertiary/aromatic N) is 3. The Morgan fingerprint density at radius 1 is 1.24 bits per heavy atom. The van der Waals surface area contributed by atoms with E-state index in [9.17, 15) is 9.59 Å². The maximum Gasteiger partial charge on any atom is 0.267 e. The predicted octanol–water partition coefficient (Wildman–Crippen LogP) is 5.86. The molecule has 1 aliphatic heterocycles. The second-order valence-electron chi connectivity index (χ2n) is 9.30. The molecule has 2 fully saturated rings. The summed E-state index contributed by atoms with van der Waals surface area (Å²) >= 11 is 6.86. The number of thiocarbonyl (C=S) groups is 1. The smallest absolute Gasteiger partial charge is 0.267 e. The summed E-state index contributed by atoms with van der Waals surface area (Å²) in [7, 11) is 0. The molecule has 2 aromatic heterocycles. The lowest BCUT2D eigenvalue weighted by Crippen LogP contribution is -2.33. The zero-order chi connectivity index (χ0) is 24.1. The van der Waals surface area contributed by atoms with E-state index in [2.05, 4.69) is 19.2 Å². The number of nitrogens with one attached hydrogen (secondary N) is 1. The average Bonchev–Trinajstić information content (AvgIpc) is 3.11. The molecule has 182 valence electrons. The summed E-state index contributed by atoms with van der Waals surface area (Å²) < 4.78 is 2.11. The third kappa shape index (κ3) is 5.54. The van der Waals surface area contributed by atoms with Crippen LogP contribution in [0.15, 0.2) is 34.1 Å². The third-order valence-electron chi connectivity index (χ3n) is 6.85. The molecule has 0 aromatic carbocycles. The third-order valence-corrected chi connectivity index (χ3v) is 8.23. The van der Waals surface area contributed by atoms with Crippen molar-refractivity contribution in [2.45, 2.75) is 77.7 Å². The summed E-state index contributed by atoms with van der Waals surface area (Å²) in [6, 6.07) is 5.81. The van der Waals surface area contributed by atoms with E-state index in [0.29, 0.717) is 38.7 Å². The molecule has 1 unspecified atom stereocenters. The van der Waals surface area contributed by atoms with Crippen molar-refractivity contribution in [2.24, 2.45) is 5.92 Å². The number of carbonyl (C=O) groups is 1. The van der Waals surface area contributed by atoms with E-state index in [1.807, 2.05) is 18.2 Å². The van der Waals surface area contributed by atoms with Crippen molar-refractivity contribution in [3.05, 3.63) is 45.2 Å². The first-order valence-electron chi connectivity index (χ1n) is 12.5. The van der Waals surface area contributed by atoms with Gasteiger partial charge in [-0.25, -0.2) is 4.98 Å². The van der Waals surface area contributed by atoms with Crippen molar-refractivity contribution < 1.29 is 4.79 Å². The lowest BCUT2D eigenvalue weighted by Gasteiger charge is -2.24. The molecule has 0 spiro atoms. The molecule has 3 heterocycles. The number of rotatable bonds is 9. The van der Waals surface area contributed by atoms with Gasteiger partial charge in [-0.05, 0) is 43.4 Å². The molecule has 2 aromatic rings. The Balaban J connectivity index is 1.67. The van der Waals surface area contributed by atoms with Gasteiger partial charge in [-0.1, -0.05) is 82.4 Å². The SMILES string of the molecule is CCCCC(CC)CN1C(=O)/C(=C\c2c(NC3CCCCC3)nc3ccccn3c2=O)SC1=S. The minimum atomic E-state index is -0.177. The minimum Gasteiger partial charge on any atom is -0.367 e. The molecule has 1 N–H and O–H groups in total. The molecule has 1 saturated heterocycles. The normalized spacial score (nSPS) is 19.4. The Labute approximate surface area is 211 Å². The van der Waals surface area contributed by atoms with Crippen LogP contribution in [-0.4, -0.2) is 37.1 Å². The topological polar surface area (TPSA) is 66.7 Å². The fraction of sp³-hybridized carbons (Fsp3) is 0.538. The number of pyridine rings is 1. The summed E-state index contributed by atoms with van der Waals surface area (Å²) in [5.41, 5.74) is 0.841. The molecule has 1 amide bonds. The van der Waals surface area contributed by atoms with Gasteiger partial charge in [-0.15, -0.1) is 0 Å². The van der Waals surface area contributed by atoms with Gasteiger partial charge in [0.1, 0.15) is 15.8 Å². The number of anilines is 1. The maximum absolute atomic E-state index is 13.5. The van der Waals surface area contributed by atoms with Crippen LogP contribution >= 0.6 is 24.0 Å². The van der Waals surface area contributed by atoms with Gasteiger partial charge in [-0.2, -0.15) is 0 Å². The van der Waals surface area contributed by atoms with Crippen LogP contribution in [-0.2, 0) is 4.79 Å². The molecule has 0 radical (unpaired) electrons. The Hall–Kier alpha value is -2.19. The molecule has 0 bridgehead atoms. The summed E-state index contributed by atoms with van der Waals surface area (Å²) in [5.74, 6) is 0.882. The molecule has 34 heavy (non-hydrogen) atoms. The van der Waals surface area contributed by atoms with E-state index >= 15 is 0 Å². The number of hydrogen-bond acceptors (Lipinski definition) is 6.